The van der Waals surface area contributed by atoms with Gasteiger partial charge in [-0.05, 0) is 6.42 Å². The van der Waals surface area contributed by atoms with Gasteiger partial charge in [-0.1, -0.05) is 0 Å². The topological polar surface area (TPSA) is 89.9 Å². The van der Waals surface area contributed by atoms with Crippen molar-refractivity contribution in [1.82, 2.24) is 15.1 Å². The molecular weight excluding hydrogens is 226 g/mol. The summed E-state index contributed by atoms with van der Waals surface area (Å²) in [6, 6.07) is -0.903. The van der Waals surface area contributed by atoms with Gasteiger partial charge in [0.05, 0.1) is 6.42 Å². The molecule has 3 amide bonds. The third-order valence-corrected chi connectivity index (χ3v) is 2.73. The van der Waals surface area contributed by atoms with Crippen molar-refractivity contribution in [3.05, 3.63) is 0 Å². The van der Waals surface area contributed by atoms with Crippen molar-refractivity contribution < 1.29 is 19.5 Å². The molecule has 7 heteroatoms. The van der Waals surface area contributed by atoms with Crippen LogP contribution in [0.5, 0.6) is 0 Å². The number of carboxylic acid groups (broad SMARTS) is 1. The zero-order valence-electron chi connectivity index (χ0n) is 9.97. The zero-order chi connectivity index (χ0) is 13.0. The van der Waals surface area contributed by atoms with Crippen LogP contribution < -0.4 is 5.32 Å². The van der Waals surface area contributed by atoms with Gasteiger partial charge in [0, 0.05) is 27.2 Å². The molecule has 0 bridgehead atoms. The quantitative estimate of drug-likeness (QED) is 0.685. The largest absolute Gasteiger partial charge is 0.481 e. The first-order chi connectivity index (χ1) is 7.91. The van der Waals surface area contributed by atoms with Gasteiger partial charge in [-0.15, -0.1) is 0 Å². The molecule has 0 aliphatic carbocycles. The van der Waals surface area contributed by atoms with Gasteiger partial charge in [0.2, 0.25) is 5.91 Å². The Hall–Kier alpha value is -1.79. The average molecular weight is 243 g/mol. The number of amides is 3. The Morgan fingerprint density at radius 3 is 2.71 bits per heavy atom. The van der Waals surface area contributed by atoms with E-state index < -0.39 is 18.0 Å². The Morgan fingerprint density at radius 1 is 1.59 bits per heavy atom. The van der Waals surface area contributed by atoms with Gasteiger partial charge in [0.15, 0.2) is 0 Å². The standard InChI is InChI=1S/C10H17N3O4/c1-12-5-3-7(9(12)16)11-10(17)13(2)6-4-8(14)15/h7H,3-6H2,1-2H3,(H,11,17)(H,14,15). The predicted octanol–water partition coefficient (Wildman–Crippen LogP) is -0.667. The van der Waals surface area contributed by atoms with E-state index in [1.165, 1.54) is 11.9 Å². The van der Waals surface area contributed by atoms with E-state index in [1.54, 1.807) is 11.9 Å². The predicted molar refractivity (Wildman–Crippen MR) is 59.5 cm³/mol. The molecule has 0 spiro atoms. The van der Waals surface area contributed by atoms with Crippen LogP contribution in [-0.2, 0) is 9.59 Å². The number of hydrogen-bond acceptors (Lipinski definition) is 3. The van der Waals surface area contributed by atoms with Crippen LogP contribution in [0, 0.1) is 0 Å². The highest BCUT2D eigenvalue weighted by Gasteiger charge is 2.30. The number of carbonyl (C=O) groups is 3. The average Bonchev–Trinajstić information content (AvgIpc) is 2.57. The SMILES string of the molecule is CN(CCC(=O)O)C(=O)NC1CCN(C)C1=O. The van der Waals surface area contributed by atoms with Crippen LogP contribution in [0.25, 0.3) is 0 Å². The number of urea groups is 1. The summed E-state index contributed by atoms with van der Waals surface area (Å²) in [5.41, 5.74) is 0. The molecule has 1 rings (SSSR count). The number of aliphatic carboxylic acids is 1. The molecule has 2 N–H and O–H groups in total. The van der Waals surface area contributed by atoms with Crippen molar-refractivity contribution in [2.24, 2.45) is 0 Å². The van der Waals surface area contributed by atoms with E-state index in [4.69, 9.17) is 5.11 Å². The van der Waals surface area contributed by atoms with E-state index in [9.17, 15) is 14.4 Å². The minimum Gasteiger partial charge on any atom is -0.481 e. The summed E-state index contributed by atoms with van der Waals surface area (Å²) in [4.78, 5) is 36.3. The number of rotatable bonds is 4. The second-order valence-corrected chi connectivity index (χ2v) is 4.12. The van der Waals surface area contributed by atoms with Crippen LogP contribution in [0.15, 0.2) is 0 Å². The molecule has 0 aromatic heterocycles. The minimum atomic E-state index is -0.957. The summed E-state index contributed by atoms with van der Waals surface area (Å²) in [6.45, 7) is 0.751. The lowest BCUT2D eigenvalue weighted by Crippen LogP contribution is -2.46. The lowest BCUT2D eigenvalue weighted by atomic mass is 10.2. The molecule has 0 aromatic carbocycles. The second-order valence-electron chi connectivity index (χ2n) is 4.12. The van der Waals surface area contributed by atoms with Gasteiger partial charge in [0.25, 0.3) is 0 Å². The first-order valence-electron chi connectivity index (χ1n) is 5.40. The smallest absolute Gasteiger partial charge is 0.317 e. The number of carbonyl (C=O) groups excluding carboxylic acids is 2. The van der Waals surface area contributed by atoms with Gasteiger partial charge >= 0.3 is 12.0 Å². The highest BCUT2D eigenvalue weighted by Crippen LogP contribution is 2.08. The van der Waals surface area contributed by atoms with Crippen LogP contribution >= 0.6 is 0 Å². The van der Waals surface area contributed by atoms with Gasteiger partial charge in [-0.2, -0.15) is 0 Å². The number of likely N-dealkylation sites (tertiary alicyclic amines) is 1. The lowest BCUT2D eigenvalue weighted by molar-refractivity contribution is -0.137. The Kier molecular flexibility index (Phi) is 4.30. The fraction of sp³-hybridized carbons (Fsp3) is 0.700. The zero-order valence-corrected chi connectivity index (χ0v) is 9.97. The third-order valence-electron chi connectivity index (χ3n) is 2.73. The van der Waals surface area contributed by atoms with Gasteiger partial charge in [-0.3, -0.25) is 9.59 Å². The maximum Gasteiger partial charge on any atom is 0.317 e. The molecule has 1 unspecified atom stereocenters. The van der Waals surface area contributed by atoms with E-state index in [-0.39, 0.29) is 18.9 Å². The highest BCUT2D eigenvalue weighted by molar-refractivity contribution is 5.88. The van der Waals surface area contributed by atoms with Crippen molar-refractivity contribution in [1.29, 1.82) is 0 Å². The van der Waals surface area contributed by atoms with Gasteiger partial charge in [0.1, 0.15) is 6.04 Å². The van der Waals surface area contributed by atoms with Gasteiger partial charge in [-0.25, -0.2) is 4.79 Å². The van der Waals surface area contributed by atoms with Crippen LogP contribution in [0.2, 0.25) is 0 Å². The van der Waals surface area contributed by atoms with Crippen molar-refractivity contribution in [3.63, 3.8) is 0 Å². The molecule has 1 atom stereocenters. The highest BCUT2D eigenvalue weighted by atomic mass is 16.4. The molecule has 1 aliphatic rings. The van der Waals surface area contributed by atoms with Crippen LogP contribution in [0.4, 0.5) is 4.79 Å². The molecule has 17 heavy (non-hydrogen) atoms. The Bertz CT molecular complexity index is 332. The molecular formula is C10H17N3O4. The van der Waals surface area contributed by atoms with E-state index in [0.29, 0.717) is 13.0 Å². The van der Waals surface area contributed by atoms with Crippen molar-refractivity contribution in [2.45, 2.75) is 18.9 Å². The van der Waals surface area contributed by atoms with Crippen LogP contribution in [0.3, 0.4) is 0 Å². The van der Waals surface area contributed by atoms with Crippen molar-refractivity contribution >= 4 is 17.9 Å². The summed E-state index contributed by atoms with van der Waals surface area (Å²) in [6.07, 6.45) is 0.482. The molecule has 0 aromatic rings. The first-order valence-corrected chi connectivity index (χ1v) is 5.40. The number of nitrogens with zero attached hydrogens (tertiary/aromatic N) is 2. The second kappa shape index (κ2) is 5.51. The molecule has 0 saturated carbocycles. The summed E-state index contributed by atoms with van der Waals surface area (Å²) in [5, 5.41) is 11.1. The lowest BCUT2D eigenvalue weighted by Gasteiger charge is -2.19. The Morgan fingerprint density at radius 2 is 2.24 bits per heavy atom. The molecule has 1 aliphatic heterocycles. The summed E-state index contributed by atoms with van der Waals surface area (Å²) >= 11 is 0. The fourth-order valence-corrected chi connectivity index (χ4v) is 1.58. The van der Waals surface area contributed by atoms with Crippen LogP contribution in [-0.4, -0.2) is 66.0 Å². The number of hydrogen-bond donors (Lipinski definition) is 2. The number of likely N-dealkylation sites (N-methyl/N-ethyl adjacent to an activating group) is 1. The molecule has 1 fully saturated rings. The van der Waals surface area contributed by atoms with E-state index in [0.717, 1.165) is 0 Å². The van der Waals surface area contributed by atoms with Crippen molar-refractivity contribution in [2.75, 3.05) is 27.2 Å². The van der Waals surface area contributed by atoms with E-state index in [1.807, 2.05) is 0 Å². The maximum absolute atomic E-state index is 11.6. The summed E-state index contributed by atoms with van der Waals surface area (Å²) in [5.74, 6) is -1.06. The molecule has 7 nitrogen and oxygen atoms in total. The van der Waals surface area contributed by atoms with Gasteiger partial charge < -0.3 is 20.2 Å². The fourth-order valence-electron chi connectivity index (χ4n) is 1.58. The summed E-state index contributed by atoms with van der Waals surface area (Å²) < 4.78 is 0. The third kappa shape index (κ3) is 3.61. The Labute approximate surface area is 99.4 Å². The van der Waals surface area contributed by atoms with Crippen LogP contribution in [0.1, 0.15) is 12.8 Å². The van der Waals surface area contributed by atoms with E-state index in [2.05, 4.69) is 5.32 Å². The monoisotopic (exact) mass is 243 g/mol. The molecule has 1 heterocycles. The molecule has 0 radical (unpaired) electrons. The maximum atomic E-state index is 11.6. The number of carboxylic acids is 1. The van der Waals surface area contributed by atoms with E-state index >= 15 is 0 Å². The minimum absolute atomic E-state index is 0.106. The summed E-state index contributed by atoms with van der Waals surface area (Å²) in [7, 11) is 3.18. The Balaban J connectivity index is 2.38. The van der Waals surface area contributed by atoms with Crippen molar-refractivity contribution in [3.8, 4) is 0 Å². The number of nitrogens with one attached hydrogen (secondary N) is 1. The molecule has 1 saturated heterocycles. The normalized spacial score (nSPS) is 19.3. The first kappa shape index (κ1) is 13.3. The molecule has 96 valence electrons.